The molecule has 29 heavy (non-hydrogen) atoms. The maximum atomic E-state index is 13.2. The van der Waals surface area contributed by atoms with Crippen molar-refractivity contribution in [2.24, 2.45) is 0 Å². The van der Waals surface area contributed by atoms with Crippen molar-refractivity contribution in [1.29, 1.82) is 0 Å². The summed E-state index contributed by atoms with van der Waals surface area (Å²) in [6.45, 7) is 4.61. The molecule has 0 radical (unpaired) electrons. The fourth-order valence-electron chi connectivity index (χ4n) is 2.85. The highest BCUT2D eigenvalue weighted by Gasteiger charge is 2.26. The summed E-state index contributed by atoms with van der Waals surface area (Å²) in [5.74, 6) is -0.859. The van der Waals surface area contributed by atoms with Gasteiger partial charge in [-0.25, -0.2) is 17.5 Å². The van der Waals surface area contributed by atoms with Gasteiger partial charge >= 0.3 is 0 Å². The van der Waals surface area contributed by atoms with Gasteiger partial charge in [-0.05, 0) is 50.2 Å². The lowest BCUT2D eigenvalue weighted by molar-refractivity contribution is 0.0774. The molecule has 152 valence electrons. The molecule has 9 heteroatoms. The molecule has 0 atom stereocenters. The molecule has 1 N–H and O–H groups in total. The van der Waals surface area contributed by atoms with E-state index in [0.717, 1.165) is 24.3 Å². The van der Waals surface area contributed by atoms with Gasteiger partial charge in [0, 0.05) is 13.1 Å². The van der Waals surface area contributed by atoms with E-state index in [9.17, 15) is 17.6 Å². The molecule has 0 fully saturated rings. The summed E-state index contributed by atoms with van der Waals surface area (Å²) in [5.41, 5.74) is 0.714. The van der Waals surface area contributed by atoms with Gasteiger partial charge in [-0.2, -0.15) is 5.10 Å². The number of para-hydroxylation sites is 1. The molecule has 1 amide bonds. The first kappa shape index (κ1) is 20.5. The average molecular weight is 416 g/mol. The predicted molar refractivity (Wildman–Crippen MR) is 108 cm³/mol. The Morgan fingerprint density at radius 2 is 1.69 bits per heavy atom. The molecular formula is C20H21FN4O3S. The molecule has 0 saturated carbocycles. The number of sulfonamides is 1. The van der Waals surface area contributed by atoms with E-state index < -0.39 is 15.8 Å². The normalized spacial score (nSPS) is 11.3. The third-order valence-corrected chi connectivity index (χ3v) is 5.76. The van der Waals surface area contributed by atoms with Gasteiger partial charge in [0.2, 0.25) is 0 Å². The SMILES string of the molecule is CCN(CC)C(=O)c1cnn(-c2ccccc2)c1NS(=O)(=O)c1ccc(F)cc1. The van der Waals surface area contributed by atoms with Crippen molar-refractivity contribution in [3.05, 3.63) is 72.2 Å². The first-order valence-electron chi connectivity index (χ1n) is 9.08. The molecule has 0 aliphatic rings. The van der Waals surface area contributed by atoms with Crippen LogP contribution in [0.4, 0.5) is 10.2 Å². The summed E-state index contributed by atoms with van der Waals surface area (Å²) >= 11 is 0. The monoisotopic (exact) mass is 416 g/mol. The van der Waals surface area contributed by atoms with Gasteiger partial charge < -0.3 is 4.90 Å². The number of amides is 1. The third kappa shape index (κ3) is 4.29. The highest BCUT2D eigenvalue weighted by Crippen LogP contribution is 2.25. The van der Waals surface area contributed by atoms with Crippen LogP contribution in [0.2, 0.25) is 0 Å². The molecule has 1 heterocycles. The molecule has 3 aromatic rings. The topological polar surface area (TPSA) is 84.3 Å². The number of carbonyl (C=O) groups excluding carboxylic acids is 1. The first-order chi connectivity index (χ1) is 13.9. The van der Waals surface area contributed by atoms with Crippen LogP contribution in [0.5, 0.6) is 0 Å². The van der Waals surface area contributed by atoms with Gasteiger partial charge in [0.15, 0.2) is 5.82 Å². The number of anilines is 1. The van der Waals surface area contributed by atoms with Gasteiger partial charge in [0.25, 0.3) is 15.9 Å². The zero-order valence-corrected chi connectivity index (χ0v) is 16.9. The van der Waals surface area contributed by atoms with Gasteiger partial charge in [-0.1, -0.05) is 18.2 Å². The van der Waals surface area contributed by atoms with Crippen LogP contribution < -0.4 is 4.72 Å². The number of benzene rings is 2. The zero-order chi connectivity index (χ0) is 21.0. The standard InChI is InChI=1S/C20H21FN4O3S/c1-3-24(4-2)20(26)18-14-22-25(16-8-6-5-7-9-16)19(18)23-29(27,28)17-12-10-15(21)11-13-17/h5-14,23H,3-4H2,1-2H3. The van der Waals surface area contributed by atoms with Crippen molar-refractivity contribution in [3.8, 4) is 5.69 Å². The van der Waals surface area contributed by atoms with E-state index >= 15 is 0 Å². The largest absolute Gasteiger partial charge is 0.339 e. The smallest absolute Gasteiger partial charge is 0.263 e. The van der Waals surface area contributed by atoms with Crippen LogP contribution in [-0.2, 0) is 10.0 Å². The van der Waals surface area contributed by atoms with Gasteiger partial charge in [0.1, 0.15) is 11.4 Å². The second kappa shape index (κ2) is 8.44. The van der Waals surface area contributed by atoms with Crippen LogP contribution in [0.1, 0.15) is 24.2 Å². The van der Waals surface area contributed by atoms with Crippen LogP contribution in [0.25, 0.3) is 5.69 Å². The molecule has 1 aromatic heterocycles. The third-order valence-electron chi connectivity index (χ3n) is 4.41. The fraction of sp³-hybridized carbons (Fsp3) is 0.200. The van der Waals surface area contributed by atoms with Crippen molar-refractivity contribution in [1.82, 2.24) is 14.7 Å². The number of hydrogen-bond donors (Lipinski definition) is 1. The molecule has 0 spiro atoms. The number of aromatic nitrogens is 2. The first-order valence-corrected chi connectivity index (χ1v) is 10.6. The minimum absolute atomic E-state index is 0.0254. The predicted octanol–water partition coefficient (Wildman–Crippen LogP) is 3.29. The van der Waals surface area contributed by atoms with Crippen LogP contribution in [0, 0.1) is 5.82 Å². The lowest BCUT2D eigenvalue weighted by Gasteiger charge is -2.19. The van der Waals surface area contributed by atoms with Crippen LogP contribution >= 0.6 is 0 Å². The number of carbonyl (C=O) groups is 1. The van der Waals surface area contributed by atoms with E-state index in [1.165, 1.54) is 10.9 Å². The molecule has 0 unspecified atom stereocenters. The highest BCUT2D eigenvalue weighted by atomic mass is 32.2. The summed E-state index contributed by atoms with van der Waals surface area (Å²) in [5, 5.41) is 4.23. The van der Waals surface area contributed by atoms with E-state index in [0.29, 0.717) is 18.8 Å². The molecule has 3 rings (SSSR count). The lowest BCUT2D eigenvalue weighted by atomic mass is 10.2. The molecule has 0 bridgehead atoms. The Hall–Kier alpha value is -3.20. The summed E-state index contributed by atoms with van der Waals surface area (Å²) in [6, 6.07) is 13.3. The minimum atomic E-state index is -4.07. The Bertz CT molecular complexity index is 1090. The summed E-state index contributed by atoms with van der Waals surface area (Å²) in [7, 11) is -4.07. The lowest BCUT2D eigenvalue weighted by Crippen LogP contribution is -2.31. The van der Waals surface area contributed by atoms with Crippen LogP contribution in [-0.4, -0.2) is 42.1 Å². The molecule has 0 saturated heterocycles. The Labute approximate surface area is 168 Å². The second-order valence-corrected chi connectivity index (χ2v) is 7.87. The summed E-state index contributed by atoms with van der Waals surface area (Å²) < 4.78 is 42.8. The van der Waals surface area contributed by atoms with Crippen molar-refractivity contribution < 1.29 is 17.6 Å². The number of halogens is 1. The van der Waals surface area contributed by atoms with E-state index in [4.69, 9.17) is 0 Å². The van der Waals surface area contributed by atoms with E-state index in [1.54, 1.807) is 29.2 Å². The zero-order valence-electron chi connectivity index (χ0n) is 16.0. The number of rotatable bonds is 7. The Kier molecular flexibility index (Phi) is 5.97. The van der Waals surface area contributed by atoms with Crippen molar-refractivity contribution in [2.75, 3.05) is 17.8 Å². The van der Waals surface area contributed by atoms with E-state index in [1.807, 2.05) is 19.9 Å². The quantitative estimate of drug-likeness (QED) is 0.641. The maximum absolute atomic E-state index is 13.2. The van der Waals surface area contributed by atoms with Crippen molar-refractivity contribution in [2.45, 2.75) is 18.7 Å². The van der Waals surface area contributed by atoms with Crippen LogP contribution in [0.15, 0.2) is 65.7 Å². The Morgan fingerprint density at radius 1 is 1.07 bits per heavy atom. The highest BCUT2D eigenvalue weighted by molar-refractivity contribution is 7.92. The summed E-state index contributed by atoms with van der Waals surface area (Å²) in [4.78, 5) is 14.4. The second-order valence-electron chi connectivity index (χ2n) is 6.19. The Balaban J connectivity index is 2.10. The summed E-state index contributed by atoms with van der Waals surface area (Å²) in [6.07, 6.45) is 1.34. The molecule has 0 aliphatic carbocycles. The Morgan fingerprint density at radius 3 is 2.28 bits per heavy atom. The minimum Gasteiger partial charge on any atom is -0.339 e. The molecule has 0 aliphatic heterocycles. The van der Waals surface area contributed by atoms with Crippen molar-refractivity contribution in [3.63, 3.8) is 0 Å². The van der Waals surface area contributed by atoms with Crippen molar-refractivity contribution >= 4 is 21.7 Å². The molecular weight excluding hydrogens is 395 g/mol. The van der Waals surface area contributed by atoms with Gasteiger partial charge in [0.05, 0.1) is 16.8 Å². The number of nitrogens with one attached hydrogen (secondary N) is 1. The van der Waals surface area contributed by atoms with Crippen LogP contribution in [0.3, 0.4) is 0 Å². The van der Waals surface area contributed by atoms with E-state index in [-0.39, 0.29) is 22.2 Å². The molecule has 7 nitrogen and oxygen atoms in total. The average Bonchev–Trinajstić information content (AvgIpc) is 3.12. The number of nitrogens with zero attached hydrogens (tertiary/aromatic N) is 3. The van der Waals surface area contributed by atoms with E-state index in [2.05, 4.69) is 9.82 Å². The fourth-order valence-corrected chi connectivity index (χ4v) is 3.91. The molecule has 2 aromatic carbocycles. The number of hydrogen-bond acceptors (Lipinski definition) is 4. The van der Waals surface area contributed by atoms with Gasteiger partial charge in [-0.3, -0.25) is 9.52 Å². The maximum Gasteiger partial charge on any atom is 0.263 e. The van der Waals surface area contributed by atoms with Gasteiger partial charge in [-0.15, -0.1) is 0 Å².